The Labute approximate surface area is 113 Å². The van der Waals surface area contributed by atoms with E-state index in [9.17, 15) is 4.79 Å². The van der Waals surface area contributed by atoms with Gasteiger partial charge in [0.2, 0.25) is 0 Å². The second kappa shape index (κ2) is 4.88. The first-order valence-electron chi connectivity index (χ1n) is 6.67. The molecule has 0 spiro atoms. The summed E-state index contributed by atoms with van der Waals surface area (Å²) in [4.78, 5) is 11.2. The summed E-state index contributed by atoms with van der Waals surface area (Å²) in [6, 6.07) is 16.8. The first-order valence-corrected chi connectivity index (χ1v) is 6.67. The number of carbonyl (C=O) groups excluding carboxylic acids is 1. The molecule has 96 valence electrons. The van der Waals surface area contributed by atoms with Crippen molar-refractivity contribution < 1.29 is 4.79 Å². The quantitative estimate of drug-likeness (QED) is 0.846. The lowest BCUT2D eigenvalue weighted by Gasteiger charge is -2.13. The van der Waals surface area contributed by atoms with E-state index in [0.29, 0.717) is 6.04 Å². The van der Waals surface area contributed by atoms with Gasteiger partial charge in [0.1, 0.15) is 0 Å². The van der Waals surface area contributed by atoms with Crippen molar-refractivity contribution in [1.82, 2.24) is 0 Å². The van der Waals surface area contributed by atoms with Crippen LogP contribution in [0.1, 0.15) is 28.4 Å². The molecule has 2 heteroatoms. The van der Waals surface area contributed by atoms with E-state index >= 15 is 0 Å². The smallest absolute Gasteiger partial charge is 0.159 e. The van der Waals surface area contributed by atoms with Crippen molar-refractivity contribution in [1.29, 1.82) is 0 Å². The second-order valence-electron chi connectivity index (χ2n) is 5.15. The van der Waals surface area contributed by atoms with Crippen LogP contribution in [-0.2, 0) is 12.8 Å². The van der Waals surface area contributed by atoms with Gasteiger partial charge in [0.15, 0.2) is 5.78 Å². The average molecular weight is 251 g/mol. The highest BCUT2D eigenvalue weighted by Crippen LogP contribution is 2.24. The number of Topliss-reactive ketones (excluding diaryl/α,β-unsaturated/α-hetero) is 1. The van der Waals surface area contributed by atoms with Gasteiger partial charge in [-0.3, -0.25) is 4.79 Å². The van der Waals surface area contributed by atoms with Crippen LogP contribution < -0.4 is 5.32 Å². The zero-order chi connectivity index (χ0) is 13.2. The minimum absolute atomic E-state index is 0.111. The van der Waals surface area contributed by atoms with Gasteiger partial charge in [-0.15, -0.1) is 0 Å². The number of fused-ring (bicyclic) bond motifs is 1. The monoisotopic (exact) mass is 251 g/mol. The number of hydrogen-bond donors (Lipinski definition) is 1. The van der Waals surface area contributed by atoms with Gasteiger partial charge in [-0.05, 0) is 55.2 Å². The molecule has 3 rings (SSSR count). The Kier molecular flexibility index (Phi) is 3.08. The van der Waals surface area contributed by atoms with Crippen molar-refractivity contribution in [2.45, 2.75) is 25.8 Å². The Morgan fingerprint density at radius 3 is 2.11 bits per heavy atom. The number of rotatable bonds is 3. The predicted molar refractivity (Wildman–Crippen MR) is 77.7 cm³/mol. The molecule has 0 saturated heterocycles. The second-order valence-corrected chi connectivity index (χ2v) is 5.15. The SMILES string of the molecule is CC(=O)c1ccc(NC2Cc3ccccc3C2)cc1. The maximum absolute atomic E-state index is 11.2. The molecule has 0 saturated carbocycles. The maximum atomic E-state index is 11.2. The molecular weight excluding hydrogens is 234 g/mol. The number of ketones is 1. The summed E-state index contributed by atoms with van der Waals surface area (Å²) in [5, 5.41) is 3.54. The van der Waals surface area contributed by atoms with E-state index in [0.717, 1.165) is 24.1 Å². The summed E-state index contributed by atoms with van der Waals surface area (Å²) in [6.07, 6.45) is 2.15. The molecule has 0 atom stereocenters. The van der Waals surface area contributed by atoms with E-state index in [4.69, 9.17) is 0 Å². The largest absolute Gasteiger partial charge is 0.382 e. The number of anilines is 1. The molecule has 2 aromatic rings. The van der Waals surface area contributed by atoms with Crippen molar-refractivity contribution in [2.24, 2.45) is 0 Å². The van der Waals surface area contributed by atoms with Crippen LogP contribution in [-0.4, -0.2) is 11.8 Å². The zero-order valence-electron chi connectivity index (χ0n) is 11.0. The van der Waals surface area contributed by atoms with Gasteiger partial charge in [-0.2, -0.15) is 0 Å². The number of benzene rings is 2. The Morgan fingerprint density at radius 2 is 1.58 bits per heavy atom. The highest BCUT2D eigenvalue weighted by molar-refractivity contribution is 5.94. The molecule has 0 aliphatic heterocycles. The lowest BCUT2D eigenvalue weighted by atomic mass is 10.1. The molecule has 0 unspecified atom stereocenters. The first kappa shape index (κ1) is 12.0. The summed E-state index contributed by atoms with van der Waals surface area (Å²) in [7, 11) is 0. The van der Waals surface area contributed by atoms with Crippen molar-refractivity contribution in [2.75, 3.05) is 5.32 Å². The van der Waals surface area contributed by atoms with Crippen molar-refractivity contribution in [3.63, 3.8) is 0 Å². The summed E-state index contributed by atoms with van der Waals surface area (Å²) in [5.74, 6) is 0.111. The molecule has 0 aromatic heterocycles. The molecule has 1 aliphatic rings. The Hall–Kier alpha value is -2.09. The number of carbonyl (C=O) groups is 1. The van der Waals surface area contributed by atoms with E-state index in [1.54, 1.807) is 6.92 Å². The van der Waals surface area contributed by atoms with E-state index < -0.39 is 0 Å². The normalized spacial score (nSPS) is 14.2. The molecule has 2 nitrogen and oxygen atoms in total. The van der Waals surface area contributed by atoms with Crippen LogP contribution in [0.3, 0.4) is 0 Å². The Balaban J connectivity index is 1.69. The van der Waals surface area contributed by atoms with Gasteiger partial charge in [0.25, 0.3) is 0 Å². The van der Waals surface area contributed by atoms with Gasteiger partial charge < -0.3 is 5.32 Å². The zero-order valence-corrected chi connectivity index (χ0v) is 11.0. The van der Waals surface area contributed by atoms with Crippen LogP contribution in [0.15, 0.2) is 48.5 Å². The van der Waals surface area contributed by atoms with Gasteiger partial charge in [-0.25, -0.2) is 0 Å². The lowest BCUT2D eigenvalue weighted by molar-refractivity contribution is 0.101. The van der Waals surface area contributed by atoms with Crippen LogP contribution in [0.4, 0.5) is 5.69 Å². The molecule has 1 N–H and O–H groups in total. The molecule has 0 bridgehead atoms. The molecule has 0 heterocycles. The molecule has 0 amide bonds. The fraction of sp³-hybridized carbons (Fsp3) is 0.235. The summed E-state index contributed by atoms with van der Waals surface area (Å²) in [6.45, 7) is 1.59. The van der Waals surface area contributed by atoms with Gasteiger partial charge >= 0.3 is 0 Å². The minimum Gasteiger partial charge on any atom is -0.382 e. The van der Waals surface area contributed by atoms with Crippen LogP contribution in [0.5, 0.6) is 0 Å². The number of hydrogen-bond acceptors (Lipinski definition) is 2. The molecule has 19 heavy (non-hydrogen) atoms. The summed E-state index contributed by atoms with van der Waals surface area (Å²) < 4.78 is 0. The minimum atomic E-state index is 0.111. The highest BCUT2D eigenvalue weighted by Gasteiger charge is 2.20. The van der Waals surface area contributed by atoms with E-state index in [1.807, 2.05) is 24.3 Å². The topological polar surface area (TPSA) is 29.1 Å². The summed E-state index contributed by atoms with van der Waals surface area (Å²) >= 11 is 0. The molecule has 1 aliphatic carbocycles. The average Bonchev–Trinajstić information content (AvgIpc) is 2.81. The molecule has 2 aromatic carbocycles. The first-order chi connectivity index (χ1) is 9.22. The maximum Gasteiger partial charge on any atom is 0.159 e. The standard InChI is InChI=1S/C17H17NO/c1-12(19)13-6-8-16(9-7-13)18-17-10-14-4-2-3-5-15(14)11-17/h2-9,17-18H,10-11H2,1H3. The number of nitrogens with one attached hydrogen (secondary N) is 1. The van der Waals surface area contributed by atoms with Crippen LogP contribution >= 0.6 is 0 Å². The van der Waals surface area contributed by atoms with Crippen LogP contribution in [0.25, 0.3) is 0 Å². The molecular formula is C17H17NO. The van der Waals surface area contributed by atoms with Crippen molar-refractivity contribution in [3.8, 4) is 0 Å². The van der Waals surface area contributed by atoms with Gasteiger partial charge in [-0.1, -0.05) is 24.3 Å². The van der Waals surface area contributed by atoms with E-state index in [-0.39, 0.29) is 5.78 Å². The highest BCUT2D eigenvalue weighted by atomic mass is 16.1. The van der Waals surface area contributed by atoms with Crippen molar-refractivity contribution in [3.05, 3.63) is 65.2 Å². The lowest BCUT2D eigenvalue weighted by Crippen LogP contribution is -2.19. The van der Waals surface area contributed by atoms with E-state index in [1.165, 1.54) is 11.1 Å². The summed E-state index contributed by atoms with van der Waals surface area (Å²) in [5.41, 5.74) is 4.74. The molecule has 0 radical (unpaired) electrons. The van der Waals surface area contributed by atoms with E-state index in [2.05, 4.69) is 29.6 Å². The van der Waals surface area contributed by atoms with Gasteiger partial charge in [0, 0.05) is 17.3 Å². The molecule has 0 fully saturated rings. The predicted octanol–water partition coefficient (Wildman–Crippen LogP) is 3.47. The fourth-order valence-electron chi connectivity index (χ4n) is 2.70. The third-order valence-corrected chi connectivity index (χ3v) is 3.71. The Bertz CT molecular complexity index is 576. The van der Waals surface area contributed by atoms with Crippen LogP contribution in [0, 0.1) is 0 Å². The van der Waals surface area contributed by atoms with Crippen LogP contribution in [0.2, 0.25) is 0 Å². The Morgan fingerprint density at radius 1 is 1.00 bits per heavy atom. The van der Waals surface area contributed by atoms with Gasteiger partial charge in [0.05, 0.1) is 0 Å². The third-order valence-electron chi connectivity index (χ3n) is 3.71. The van der Waals surface area contributed by atoms with Crippen molar-refractivity contribution >= 4 is 11.5 Å². The fourth-order valence-corrected chi connectivity index (χ4v) is 2.70. The third kappa shape index (κ3) is 2.53.